The van der Waals surface area contributed by atoms with Gasteiger partial charge in [0.2, 0.25) is 0 Å². The van der Waals surface area contributed by atoms with Gasteiger partial charge in [0.05, 0.1) is 24.3 Å². The van der Waals surface area contributed by atoms with Crippen molar-refractivity contribution in [2.24, 2.45) is 0 Å². The van der Waals surface area contributed by atoms with E-state index in [1.807, 2.05) is 0 Å². The van der Waals surface area contributed by atoms with E-state index >= 15 is 0 Å². The van der Waals surface area contributed by atoms with Crippen LogP contribution in [0.4, 0.5) is 5.82 Å². The van der Waals surface area contributed by atoms with Gasteiger partial charge in [-0.3, -0.25) is 0 Å². The lowest BCUT2D eigenvalue weighted by Gasteiger charge is -2.44. The summed E-state index contributed by atoms with van der Waals surface area (Å²) >= 11 is 0. The molecule has 1 aromatic rings. The van der Waals surface area contributed by atoms with Crippen molar-refractivity contribution >= 4 is 5.82 Å². The molecule has 3 aliphatic rings. The third-order valence-electron chi connectivity index (χ3n) is 5.16. The summed E-state index contributed by atoms with van der Waals surface area (Å²) in [5, 5.41) is 9.53. The molecule has 110 valence electrons. The van der Waals surface area contributed by atoms with Crippen molar-refractivity contribution < 1.29 is 4.74 Å². The molecule has 2 unspecified atom stereocenters. The number of hydrogen-bond donors (Lipinski definition) is 0. The zero-order chi connectivity index (χ0) is 14.2. The Morgan fingerprint density at radius 3 is 3.05 bits per heavy atom. The average Bonchev–Trinajstić information content (AvgIpc) is 3.00. The molecule has 1 saturated carbocycles. The van der Waals surface area contributed by atoms with E-state index in [1.165, 1.54) is 30.5 Å². The first-order valence-electron chi connectivity index (χ1n) is 8.18. The van der Waals surface area contributed by atoms with Gasteiger partial charge >= 0.3 is 0 Å². The Hall–Kier alpha value is -1.60. The van der Waals surface area contributed by atoms with Crippen LogP contribution in [0.3, 0.4) is 0 Å². The molecule has 4 rings (SSSR count). The number of fused-ring (bicyclic) bond motifs is 2. The normalized spacial score (nSPS) is 27.9. The number of ether oxygens (including phenoxy) is 1. The van der Waals surface area contributed by atoms with E-state index in [4.69, 9.17) is 9.72 Å². The number of aromatic nitrogens is 1. The summed E-state index contributed by atoms with van der Waals surface area (Å²) in [4.78, 5) is 7.25. The van der Waals surface area contributed by atoms with Crippen LogP contribution in [0.1, 0.15) is 48.9 Å². The second-order valence-electron chi connectivity index (χ2n) is 6.39. The second kappa shape index (κ2) is 5.31. The fourth-order valence-corrected chi connectivity index (χ4v) is 4.12. The van der Waals surface area contributed by atoms with Gasteiger partial charge in [0, 0.05) is 12.2 Å². The molecule has 4 nitrogen and oxygen atoms in total. The molecule has 2 fully saturated rings. The third kappa shape index (κ3) is 2.20. The first-order valence-corrected chi connectivity index (χ1v) is 8.18. The Morgan fingerprint density at radius 1 is 1.24 bits per heavy atom. The minimum atomic E-state index is 0.328. The van der Waals surface area contributed by atoms with Gasteiger partial charge in [-0.25, -0.2) is 4.98 Å². The zero-order valence-corrected chi connectivity index (χ0v) is 12.3. The quantitative estimate of drug-likeness (QED) is 0.795. The van der Waals surface area contributed by atoms with Crippen molar-refractivity contribution in [3.63, 3.8) is 0 Å². The first-order chi connectivity index (χ1) is 10.4. The van der Waals surface area contributed by atoms with E-state index in [2.05, 4.69) is 17.0 Å². The number of nitriles is 1. The molecule has 1 saturated heterocycles. The van der Waals surface area contributed by atoms with Crippen LogP contribution < -0.4 is 4.90 Å². The molecule has 2 heterocycles. The largest absolute Gasteiger partial charge is 0.374 e. The van der Waals surface area contributed by atoms with Gasteiger partial charge in [0.25, 0.3) is 0 Å². The standard InChI is InChI=1S/C17H21N3O/c18-11-13-10-12-4-3-5-14(12)19-17(13)20-8-9-21-16-7-2-1-6-15(16)20/h10,15-16H,1-9H2. The minimum absolute atomic E-state index is 0.328. The summed E-state index contributed by atoms with van der Waals surface area (Å²) in [5.74, 6) is 0.915. The molecule has 0 bridgehead atoms. The summed E-state index contributed by atoms with van der Waals surface area (Å²) in [7, 11) is 0. The fraction of sp³-hybridized carbons (Fsp3) is 0.647. The van der Waals surface area contributed by atoms with Crippen molar-refractivity contribution in [1.82, 2.24) is 4.98 Å². The Labute approximate surface area is 125 Å². The van der Waals surface area contributed by atoms with E-state index in [1.54, 1.807) is 0 Å². The van der Waals surface area contributed by atoms with Gasteiger partial charge in [-0.15, -0.1) is 0 Å². The van der Waals surface area contributed by atoms with Crippen LogP contribution in [0.5, 0.6) is 0 Å². The Kier molecular flexibility index (Phi) is 3.31. The van der Waals surface area contributed by atoms with Crippen LogP contribution in [-0.4, -0.2) is 30.3 Å². The average molecular weight is 283 g/mol. The number of rotatable bonds is 1. The fourth-order valence-electron chi connectivity index (χ4n) is 4.12. The topological polar surface area (TPSA) is 49.2 Å². The monoisotopic (exact) mass is 283 g/mol. The van der Waals surface area contributed by atoms with Crippen molar-refractivity contribution in [1.29, 1.82) is 5.26 Å². The van der Waals surface area contributed by atoms with Crippen LogP contribution in [0, 0.1) is 11.3 Å². The lowest BCUT2D eigenvalue weighted by atomic mass is 9.90. The molecule has 0 radical (unpaired) electrons. The highest BCUT2D eigenvalue weighted by atomic mass is 16.5. The minimum Gasteiger partial charge on any atom is -0.374 e. The van der Waals surface area contributed by atoms with Crippen molar-refractivity contribution in [2.45, 2.75) is 57.1 Å². The molecule has 1 aromatic heterocycles. The molecule has 2 atom stereocenters. The van der Waals surface area contributed by atoms with Crippen LogP contribution >= 0.6 is 0 Å². The van der Waals surface area contributed by atoms with E-state index in [-0.39, 0.29) is 0 Å². The van der Waals surface area contributed by atoms with Crippen LogP contribution in [0.2, 0.25) is 0 Å². The van der Waals surface area contributed by atoms with Crippen LogP contribution in [0.15, 0.2) is 6.07 Å². The van der Waals surface area contributed by atoms with Gasteiger partial charge in [-0.1, -0.05) is 12.8 Å². The maximum atomic E-state index is 9.53. The van der Waals surface area contributed by atoms with Gasteiger partial charge in [0.15, 0.2) is 0 Å². The van der Waals surface area contributed by atoms with E-state index in [0.29, 0.717) is 12.1 Å². The van der Waals surface area contributed by atoms with E-state index < -0.39 is 0 Å². The molecule has 0 spiro atoms. The Bertz CT molecular complexity index is 590. The SMILES string of the molecule is N#Cc1cc2c(nc1N1CCOC3CCCCC31)CCC2. The van der Waals surface area contributed by atoms with Gasteiger partial charge in [0.1, 0.15) is 11.9 Å². The first kappa shape index (κ1) is 13.1. The second-order valence-corrected chi connectivity index (χ2v) is 6.39. The lowest BCUT2D eigenvalue weighted by molar-refractivity contribution is -0.00901. The van der Waals surface area contributed by atoms with E-state index in [9.17, 15) is 5.26 Å². The number of pyridine rings is 1. The Balaban J connectivity index is 1.73. The molecule has 0 N–H and O–H groups in total. The lowest BCUT2D eigenvalue weighted by Crippen LogP contribution is -2.53. The van der Waals surface area contributed by atoms with Crippen molar-refractivity contribution in [2.75, 3.05) is 18.1 Å². The van der Waals surface area contributed by atoms with Gasteiger partial charge in [-0.05, 0) is 43.7 Å². The summed E-state index contributed by atoms with van der Waals surface area (Å²) in [6.45, 7) is 1.62. The smallest absolute Gasteiger partial charge is 0.147 e. The highest BCUT2D eigenvalue weighted by Crippen LogP contribution is 2.34. The van der Waals surface area contributed by atoms with Gasteiger partial charge in [-0.2, -0.15) is 5.26 Å². The summed E-state index contributed by atoms with van der Waals surface area (Å²) in [6.07, 6.45) is 8.47. The predicted octanol–water partition coefficient (Wildman–Crippen LogP) is 2.59. The van der Waals surface area contributed by atoms with Crippen LogP contribution in [0.25, 0.3) is 0 Å². The summed E-state index contributed by atoms with van der Waals surface area (Å²) in [6, 6.07) is 4.86. The molecule has 0 amide bonds. The van der Waals surface area contributed by atoms with Gasteiger partial charge < -0.3 is 9.64 Å². The summed E-state index contributed by atoms with van der Waals surface area (Å²) in [5.41, 5.74) is 3.24. The molecule has 1 aliphatic heterocycles. The molecular formula is C17H21N3O. The number of aryl methyl sites for hydroxylation is 2. The molecule has 4 heteroatoms. The molecule has 2 aliphatic carbocycles. The van der Waals surface area contributed by atoms with E-state index in [0.717, 1.165) is 50.2 Å². The molecule has 0 aromatic carbocycles. The highest BCUT2D eigenvalue weighted by Gasteiger charge is 2.36. The van der Waals surface area contributed by atoms with Crippen LogP contribution in [-0.2, 0) is 17.6 Å². The number of anilines is 1. The zero-order valence-electron chi connectivity index (χ0n) is 12.3. The maximum Gasteiger partial charge on any atom is 0.147 e. The highest BCUT2D eigenvalue weighted by molar-refractivity contribution is 5.58. The number of hydrogen-bond acceptors (Lipinski definition) is 4. The maximum absolute atomic E-state index is 9.53. The predicted molar refractivity (Wildman–Crippen MR) is 80.3 cm³/mol. The number of nitrogens with zero attached hydrogens (tertiary/aromatic N) is 3. The molecular weight excluding hydrogens is 262 g/mol. The third-order valence-corrected chi connectivity index (χ3v) is 5.16. The van der Waals surface area contributed by atoms with Crippen molar-refractivity contribution in [3.8, 4) is 6.07 Å². The Morgan fingerprint density at radius 2 is 2.14 bits per heavy atom. The number of morpholine rings is 1. The molecule has 21 heavy (non-hydrogen) atoms. The summed E-state index contributed by atoms with van der Waals surface area (Å²) < 4.78 is 5.95. The van der Waals surface area contributed by atoms with Crippen molar-refractivity contribution in [3.05, 3.63) is 22.9 Å².